The van der Waals surface area contributed by atoms with Crippen LogP contribution < -0.4 is 43.0 Å². The molecule has 0 radical (unpaired) electrons. The number of hydrogen-bond donors (Lipinski definition) is 12. The molecule has 23 heteroatoms. The Bertz CT molecular complexity index is 2040. The van der Waals surface area contributed by atoms with Gasteiger partial charge in [-0.15, -0.1) is 0 Å². The van der Waals surface area contributed by atoms with Gasteiger partial charge in [0, 0.05) is 19.3 Å². The van der Waals surface area contributed by atoms with E-state index in [-0.39, 0.29) is 19.3 Å². The summed E-state index contributed by atoms with van der Waals surface area (Å²) in [5, 5.41) is 55.3. The molecule has 8 atom stereocenters. The third-order valence-corrected chi connectivity index (χ3v) is 11.0. The van der Waals surface area contributed by atoms with Crippen molar-refractivity contribution in [1.29, 1.82) is 0 Å². The smallest absolute Gasteiger partial charge is 0.326 e. The maximum Gasteiger partial charge on any atom is 0.326 e. The first-order valence-corrected chi connectivity index (χ1v) is 23.2. The van der Waals surface area contributed by atoms with Crippen molar-refractivity contribution in [2.45, 2.75) is 115 Å². The Morgan fingerprint density at radius 2 is 0.912 bits per heavy atom. The normalized spacial score (nSPS) is 14.6. The Kier molecular flexibility index (Phi) is 24.7. The fourth-order valence-corrected chi connectivity index (χ4v) is 7.01. The van der Waals surface area contributed by atoms with Crippen molar-refractivity contribution in [3.8, 4) is 0 Å². The van der Waals surface area contributed by atoms with Crippen LogP contribution in [0.2, 0.25) is 0 Å². The molecule has 2 aromatic carbocycles. The van der Waals surface area contributed by atoms with Gasteiger partial charge in [0.1, 0.15) is 48.3 Å². The van der Waals surface area contributed by atoms with E-state index in [1.807, 2.05) is 0 Å². The minimum absolute atomic E-state index is 0.0852. The summed E-state index contributed by atoms with van der Waals surface area (Å²) in [5.74, 6) is -11.7. The Balaban J connectivity index is 2.47. The topological polar surface area (TPSA) is 362 Å². The molecule has 0 unspecified atom stereocenters. The van der Waals surface area contributed by atoms with Gasteiger partial charge in [-0.05, 0) is 47.8 Å². The van der Waals surface area contributed by atoms with Gasteiger partial charge in [-0.2, -0.15) is 11.8 Å². The van der Waals surface area contributed by atoms with Gasteiger partial charge < -0.3 is 63.4 Å². The molecule has 0 aliphatic carbocycles. The highest BCUT2D eigenvalue weighted by Gasteiger charge is 2.36. The second-order valence-corrected chi connectivity index (χ2v) is 17.6. The van der Waals surface area contributed by atoms with Crippen LogP contribution in [0.4, 0.5) is 0 Å². The van der Waals surface area contributed by atoms with Crippen LogP contribution in [-0.2, 0) is 60.8 Å². The van der Waals surface area contributed by atoms with Crippen molar-refractivity contribution >= 4 is 71.0 Å². The Morgan fingerprint density at radius 3 is 1.31 bits per heavy atom. The Labute approximate surface area is 398 Å². The molecule has 22 nitrogen and oxygen atoms in total. The first kappa shape index (κ1) is 57.5. The number of carbonyl (C=O) groups is 10. The lowest BCUT2D eigenvalue weighted by Crippen LogP contribution is -2.62. The fourth-order valence-electron chi connectivity index (χ4n) is 6.54. The number of nitrogens with one attached hydrogen (secondary N) is 7. The second kappa shape index (κ2) is 29.2. The van der Waals surface area contributed by atoms with Crippen molar-refractivity contribution in [2.24, 2.45) is 17.6 Å². The molecule has 2 aromatic rings. The van der Waals surface area contributed by atoms with Crippen LogP contribution in [0.3, 0.4) is 0 Å². The van der Waals surface area contributed by atoms with Crippen molar-refractivity contribution in [3.05, 3.63) is 71.8 Å². The Morgan fingerprint density at radius 1 is 0.515 bits per heavy atom. The van der Waals surface area contributed by atoms with Gasteiger partial charge in [-0.25, -0.2) is 4.79 Å². The molecule has 0 saturated heterocycles. The molecule has 0 aliphatic rings. The molecule has 7 amide bonds. The Hall–Kier alpha value is -6.59. The third kappa shape index (κ3) is 20.1. The molecule has 2 rings (SSSR count). The molecule has 0 aliphatic heterocycles. The number of carbonyl (C=O) groups excluding carboxylic acids is 7. The summed E-state index contributed by atoms with van der Waals surface area (Å²) in [6.07, 6.45) is -0.416. The van der Waals surface area contributed by atoms with Crippen molar-refractivity contribution in [2.75, 3.05) is 18.6 Å². The molecular formula is C45H64N8O14S. The van der Waals surface area contributed by atoms with E-state index in [1.165, 1.54) is 11.8 Å². The van der Waals surface area contributed by atoms with Crippen molar-refractivity contribution in [1.82, 2.24) is 37.2 Å². The minimum atomic E-state index is -1.79. The van der Waals surface area contributed by atoms with Crippen LogP contribution in [0.5, 0.6) is 0 Å². The molecule has 0 aromatic heterocycles. The van der Waals surface area contributed by atoms with E-state index in [0.29, 0.717) is 16.9 Å². The highest BCUT2D eigenvalue weighted by Crippen LogP contribution is 2.12. The van der Waals surface area contributed by atoms with Gasteiger partial charge in [0.15, 0.2) is 0 Å². The maximum atomic E-state index is 14.3. The van der Waals surface area contributed by atoms with Crippen LogP contribution in [0, 0.1) is 11.8 Å². The van der Waals surface area contributed by atoms with E-state index in [1.54, 1.807) is 94.6 Å². The lowest BCUT2D eigenvalue weighted by Gasteiger charge is -2.29. The van der Waals surface area contributed by atoms with E-state index in [4.69, 9.17) is 5.73 Å². The average molecular weight is 973 g/mol. The number of rotatable bonds is 30. The van der Waals surface area contributed by atoms with Crippen LogP contribution in [0.1, 0.15) is 64.5 Å². The summed E-state index contributed by atoms with van der Waals surface area (Å²) < 4.78 is 0. The molecule has 0 saturated carbocycles. The number of amides is 7. The number of aliphatic carboxylic acids is 3. The summed E-state index contributed by atoms with van der Waals surface area (Å²) in [4.78, 5) is 131. The lowest BCUT2D eigenvalue weighted by molar-refractivity contribution is -0.143. The first-order chi connectivity index (χ1) is 32.1. The van der Waals surface area contributed by atoms with Gasteiger partial charge in [-0.1, -0.05) is 88.4 Å². The zero-order chi connectivity index (χ0) is 51.1. The number of hydrogen-bond acceptors (Lipinski definition) is 13. The predicted octanol–water partition coefficient (Wildman–Crippen LogP) is -1.33. The van der Waals surface area contributed by atoms with E-state index < -0.39 is 145 Å². The SMILES string of the molecule is CSCC[C@H](NC(=O)[C@@H](NC(=O)[C@H](CC(=O)O)NC(=O)[C@@H](NC(=O)[C@H](Cc1ccccc1)NC(=O)[C@H](Cc1ccccc1)NC(=O)[C@H](CCC(=O)O)NC(=O)[C@@H](N)CO)C(C)C)C(C)C)C(=O)O. The molecule has 0 fully saturated rings. The first-order valence-electron chi connectivity index (χ1n) is 21.8. The maximum absolute atomic E-state index is 14.3. The number of thioether (sulfide) groups is 1. The fraction of sp³-hybridized carbons (Fsp3) is 0.511. The molecule has 13 N–H and O–H groups in total. The molecule has 68 heavy (non-hydrogen) atoms. The zero-order valence-electron chi connectivity index (χ0n) is 38.6. The molecular weight excluding hydrogens is 909 g/mol. The van der Waals surface area contributed by atoms with E-state index in [2.05, 4.69) is 37.2 Å². The predicted molar refractivity (Wildman–Crippen MR) is 248 cm³/mol. The number of carboxylic acid groups (broad SMARTS) is 3. The molecule has 0 spiro atoms. The third-order valence-electron chi connectivity index (χ3n) is 10.4. The number of aliphatic hydroxyl groups excluding tert-OH is 1. The van der Waals surface area contributed by atoms with Crippen molar-refractivity contribution in [3.63, 3.8) is 0 Å². The van der Waals surface area contributed by atoms with Gasteiger partial charge in [-0.3, -0.25) is 43.2 Å². The monoisotopic (exact) mass is 972 g/mol. The van der Waals surface area contributed by atoms with Crippen molar-refractivity contribution < 1.29 is 68.4 Å². The largest absolute Gasteiger partial charge is 0.481 e. The quantitative estimate of drug-likeness (QED) is 0.0432. The van der Waals surface area contributed by atoms with Crippen LogP contribution in [-0.4, -0.2) is 147 Å². The summed E-state index contributed by atoms with van der Waals surface area (Å²) >= 11 is 1.36. The number of benzene rings is 2. The number of aliphatic hydroxyl groups is 1. The summed E-state index contributed by atoms with van der Waals surface area (Å²) in [5.41, 5.74) is 6.72. The standard InChI is InChI=1S/C45H64N8O14S/c1-24(2)36(43(64)48-30(45(66)67)18-19-68-5)53-42(63)33(22-35(57)58)51-44(65)37(25(3)4)52-41(62)32(21-27-14-10-7-11-15-27)50-40(61)31(20-26-12-8-6-9-13-26)49-39(60)29(16-17-34(55)56)47-38(59)28(46)23-54/h6-15,24-25,28-33,36-37,54H,16-23,46H2,1-5H3,(H,47,59)(H,48,64)(H,49,60)(H,50,61)(H,51,65)(H,52,62)(H,53,63)(H,55,56)(H,57,58)(H,66,67)/t28-,29-,30-,31-,32-,33-,36-,37-/m0/s1. The zero-order valence-corrected chi connectivity index (χ0v) is 39.4. The van der Waals surface area contributed by atoms with E-state index in [0.717, 1.165) is 0 Å². The van der Waals surface area contributed by atoms with Gasteiger partial charge in [0.05, 0.1) is 13.0 Å². The summed E-state index contributed by atoms with van der Waals surface area (Å²) in [7, 11) is 0. The average Bonchev–Trinajstić information content (AvgIpc) is 3.28. The molecule has 0 bridgehead atoms. The summed E-state index contributed by atoms with van der Waals surface area (Å²) in [6, 6.07) is 5.08. The molecule has 0 heterocycles. The van der Waals surface area contributed by atoms with Gasteiger partial charge >= 0.3 is 17.9 Å². The van der Waals surface area contributed by atoms with Crippen LogP contribution in [0.15, 0.2) is 60.7 Å². The van der Waals surface area contributed by atoms with Crippen LogP contribution >= 0.6 is 11.8 Å². The second-order valence-electron chi connectivity index (χ2n) is 16.6. The number of nitrogens with two attached hydrogens (primary N) is 1. The summed E-state index contributed by atoms with van der Waals surface area (Å²) in [6.45, 7) is 5.45. The minimum Gasteiger partial charge on any atom is -0.481 e. The lowest BCUT2D eigenvalue weighted by atomic mass is 9.99. The van der Waals surface area contributed by atoms with E-state index in [9.17, 15) is 68.4 Å². The van der Waals surface area contributed by atoms with Gasteiger partial charge in [0.2, 0.25) is 41.4 Å². The van der Waals surface area contributed by atoms with Crippen LogP contribution in [0.25, 0.3) is 0 Å². The van der Waals surface area contributed by atoms with E-state index >= 15 is 0 Å². The highest BCUT2D eigenvalue weighted by atomic mass is 32.2. The number of carboxylic acids is 3. The van der Waals surface area contributed by atoms with Gasteiger partial charge in [0.25, 0.3) is 0 Å². The molecule has 374 valence electrons. The highest BCUT2D eigenvalue weighted by molar-refractivity contribution is 7.98.